The number of fused-ring (bicyclic) bond motifs is 5. The fourth-order valence-corrected chi connectivity index (χ4v) is 8.23. The Hall–Kier alpha value is -2.47. The number of esters is 1. The van der Waals surface area contributed by atoms with Crippen LogP contribution in [0.1, 0.15) is 92.1 Å². The monoisotopic (exact) mass is 533 g/mol. The van der Waals surface area contributed by atoms with Crippen molar-refractivity contribution < 1.29 is 14.3 Å². The van der Waals surface area contributed by atoms with E-state index in [0.717, 1.165) is 32.1 Å². The molecule has 4 aliphatic carbocycles. The minimum Gasteiger partial charge on any atom is -0.461 e. The molecule has 2 saturated carbocycles. The molecular weight excluding hydrogens is 486 g/mol. The van der Waals surface area contributed by atoms with Gasteiger partial charge in [0, 0.05) is 24.4 Å². The molecule has 4 aliphatic rings. The zero-order valence-electron chi connectivity index (χ0n) is 24.7. The molecule has 6 heteroatoms. The molecule has 212 valence electrons. The SMILES string of the molecule is C[C@H](NC(=O)CNC(C)(C)C)C(=O)O[C@H]1CC[C@@]2(C)C(=CC[C@@H]3[C@@H]2CC[C@]2(C)C(c4cccnc4)=CC[C@@H]32)C1. The predicted molar refractivity (Wildman–Crippen MR) is 155 cm³/mol. The molecule has 1 amide bonds. The minimum atomic E-state index is -0.655. The first-order valence-electron chi connectivity index (χ1n) is 15.0. The number of ether oxygens (including phenoxy) is 1. The smallest absolute Gasteiger partial charge is 0.328 e. The molecule has 0 spiro atoms. The Morgan fingerprint density at radius 1 is 1.10 bits per heavy atom. The summed E-state index contributed by atoms with van der Waals surface area (Å²) in [6.45, 7) is 12.9. The number of aromatic nitrogens is 1. The lowest BCUT2D eigenvalue weighted by Gasteiger charge is -2.57. The number of amides is 1. The van der Waals surface area contributed by atoms with E-state index in [0.29, 0.717) is 17.8 Å². The van der Waals surface area contributed by atoms with Gasteiger partial charge in [0.15, 0.2) is 0 Å². The molecule has 0 radical (unpaired) electrons. The molecule has 5 rings (SSSR count). The molecule has 0 bridgehead atoms. The van der Waals surface area contributed by atoms with Crippen molar-refractivity contribution in [2.75, 3.05) is 6.54 Å². The van der Waals surface area contributed by atoms with Gasteiger partial charge in [-0.25, -0.2) is 4.79 Å². The highest BCUT2D eigenvalue weighted by atomic mass is 16.5. The maximum absolute atomic E-state index is 12.8. The Balaban J connectivity index is 1.21. The summed E-state index contributed by atoms with van der Waals surface area (Å²) in [5.74, 6) is 1.52. The lowest BCUT2D eigenvalue weighted by atomic mass is 9.47. The summed E-state index contributed by atoms with van der Waals surface area (Å²) >= 11 is 0. The Morgan fingerprint density at radius 2 is 1.87 bits per heavy atom. The third kappa shape index (κ3) is 5.46. The van der Waals surface area contributed by atoms with Crippen molar-refractivity contribution in [1.29, 1.82) is 0 Å². The largest absolute Gasteiger partial charge is 0.461 e. The Morgan fingerprint density at radius 3 is 2.59 bits per heavy atom. The van der Waals surface area contributed by atoms with Gasteiger partial charge in [0.2, 0.25) is 5.91 Å². The number of allylic oxidation sites excluding steroid dienone is 3. The quantitative estimate of drug-likeness (QED) is 0.355. The molecule has 0 aromatic carbocycles. The third-order valence-electron chi connectivity index (χ3n) is 10.4. The highest BCUT2D eigenvalue weighted by molar-refractivity contribution is 5.85. The summed E-state index contributed by atoms with van der Waals surface area (Å²) in [6.07, 6.45) is 16.3. The second-order valence-electron chi connectivity index (χ2n) is 14.0. The number of carbonyl (C=O) groups excluding carboxylic acids is 2. The van der Waals surface area contributed by atoms with Gasteiger partial charge >= 0.3 is 5.97 Å². The summed E-state index contributed by atoms with van der Waals surface area (Å²) in [6, 6.07) is 3.62. The molecule has 0 aliphatic heterocycles. The highest BCUT2D eigenvalue weighted by Gasteiger charge is 2.57. The van der Waals surface area contributed by atoms with Crippen molar-refractivity contribution in [3.8, 4) is 0 Å². The van der Waals surface area contributed by atoms with Crippen molar-refractivity contribution in [1.82, 2.24) is 15.6 Å². The standard InChI is InChI=1S/C33H47N3O3/c1-21(36-29(37)20-35-31(2,3)4)30(38)39-24-13-15-32(5)23(18-24)9-10-25-27-12-11-26(22-8-7-17-34-19-22)33(27,6)16-14-28(25)32/h7-9,11,17,19,21,24-25,27-28,35H,10,12-16,18,20H2,1-6H3,(H,36,37)/t21-,24-,25-,27-,28-,32-,33+/m0/s1. The van der Waals surface area contributed by atoms with E-state index in [1.807, 2.05) is 33.2 Å². The summed E-state index contributed by atoms with van der Waals surface area (Å²) < 4.78 is 5.95. The molecule has 0 saturated heterocycles. The van der Waals surface area contributed by atoms with Gasteiger partial charge in [0.05, 0.1) is 6.54 Å². The number of pyridine rings is 1. The molecule has 1 heterocycles. The Bertz CT molecular complexity index is 1150. The second-order valence-corrected chi connectivity index (χ2v) is 14.0. The van der Waals surface area contributed by atoms with Crippen LogP contribution in [-0.4, -0.2) is 41.1 Å². The number of carbonyl (C=O) groups is 2. The molecule has 7 atom stereocenters. The van der Waals surface area contributed by atoms with Crippen molar-refractivity contribution >= 4 is 17.4 Å². The zero-order chi connectivity index (χ0) is 28.0. The van der Waals surface area contributed by atoms with Gasteiger partial charge in [-0.3, -0.25) is 9.78 Å². The van der Waals surface area contributed by atoms with Gasteiger partial charge in [0.25, 0.3) is 0 Å². The predicted octanol–water partition coefficient (Wildman–Crippen LogP) is 5.84. The maximum atomic E-state index is 12.8. The zero-order valence-corrected chi connectivity index (χ0v) is 24.7. The van der Waals surface area contributed by atoms with E-state index in [-0.39, 0.29) is 40.9 Å². The molecule has 1 aromatic rings. The van der Waals surface area contributed by atoms with Crippen molar-refractivity contribution in [3.05, 3.63) is 47.8 Å². The van der Waals surface area contributed by atoms with Crippen LogP contribution in [0.3, 0.4) is 0 Å². The van der Waals surface area contributed by atoms with Crippen LogP contribution in [0.4, 0.5) is 0 Å². The summed E-state index contributed by atoms with van der Waals surface area (Å²) in [4.78, 5) is 29.5. The van der Waals surface area contributed by atoms with E-state index in [9.17, 15) is 9.59 Å². The van der Waals surface area contributed by atoms with Gasteiger partial charge in [-0.2, -0.15) is 0 Å². The first-order valence-corrected chi connectivity index (χ1v) is 15.0. The van der Waals surface area contributed by atoms with Crippen LogP contribution in [0.5, 0.6) is 0 Å². The van der Waals surface area contributed by atoms with Gasteiger partial charge in [-0.05, 0) is 112 Å². The lowest BCUT2D eigenvalue weighted by molar-refractivity contribution is -0.154. The summed E-state index contributed by atoms with van der Waals surface area (Å²) in [7, 11) is 0. The van der Waals surface area contributed by atoms with Crippen LogP contribution >= 0.6 is 0 Å². The van der Waals surface area contributed by atoms with Crippen LogP contribution in [0.25, 0.3) is 5.57 Å². The van der Waals surface area contributed by atoms with Crippen LogP contribution < -0.4 is 10.6 Å². The second kappa shape index (κ2) is 10.5. The average Bonchev–Trinajstić information content (AvgIpc) is 3.25. The Labute approximate surface area is 234 Å². The lowest BCUT2D eigenvalue weighted by Crippen LogP contribution is -2.50. The van der Waals surface area contributed by atoms with Crippen LogP contribution in [0.2, 0.25) is 0 Å². The number of hydrogen-bond donors (Lipinski definition) is 2. The van der Waals surface area contributed by atoms with Crippen LogP contribution in [0.15, 0.2) is 42.3 Å². The van der Waals surface area contributed by atoms with E-state index in [1.165, 1.54) is 29.6 Å². The summed E-state index contributed by atoms with van der Waals surface area (Å²) in [5, 5.41) is 5.94. The van der Waals surface area contributed by atoms with Gasteiger partial charge in [-0.15, -0.1) is 0 Å². The van der Waals surface area contributed by atoms with Gasteiger partial charge in [-0.1, -0.05) is 37.6 Å². The molecular formula is C33H47N3O3. The number of rotatable bonds is 6. The first-order chi connectivity index (χ1) is 18.4. The number of nitrogens with zero attached hydrogens (tertiary/aromatic N) is 1. The minimum absolute atomic E-state index is 0.111. The fraction of sp³-hybridized carbons (Fsp3) is 0.667. The van der Waals surface area contributed by atoms with E-state index in [2.05, 4.69) is 53.7 Å². The van der Waals surface area contributed by atoms with Gasteiger partial charge in [0.1, 0.15) is 12.1 Å². The maximum Gasteiger partial charge on any atom is 0.328 e. The normalized spacial score (nSPS) is 34.5. The molecule has 2 N–H and O–H groups in total. The van der Waals surface area contributed by atoms with Crippen molar-refractivity contribution in [3.63, 3.8) is 0 Å². The van der Waals surface area contributed by atoms with Gasteiger partial charge < -0.3 is 15.4 Å². The average molecular weight is 534 g/mol. The van der Waals surface area contributed by atoms with E-state index >= 15 is 0 Å². The van der Waals surface area contributed by atoms with E-state index < -0.39 is 6.04 Å². The molecule has 6 nitrogen and oxygen atoms in total. The molecule has 0 unspecified atom stereocenters. The fourth-order valence-electron chi connectivity index (χ4n) is 8.23. The highest BCUT2D eigenvalue weighted by Crippen LogP contribution is 2.66. The third-order valence-corrected chi connectivity index (χ3v) is 10.4. The van der Waals surface area contributed by atoms with E-state index in [4.69, 9.17) is 4.74 Å². The molecule has 39 heavy (non-hydrogen) atoms. The Kier molecular flexibility index (Phi) is 7.56. The molecule has 2 fully saturated rings. The van der Waals surface area contributed by atoms with E-state index in [1.54, 1.807) is 6.92 Å². The number of nitrogens with one attached hydrogen (secondary N) is 2. The number of hydrogen-bond acceptors (Lipinski definition) is 5. The van der Waals surface area contributed by atoms with Crippen molar-refractivity contribution in [2.24, 2.45) is 28.6 Å². The topological polar surface area (TPSA) is 80.3 Å². The molecule has 1 aromatic heterocycles. The van der Waals surface area contributed by atoms with Crippen LogP contribution in [0, 0.1) is 28.6 Å². The summed E-state index contributed by atoms with van der Waals surface area (Å²) in [5.41, 5.74) is 4.53. The van der Waals surface area contributed by atoms with Crippen LogP contribution in [-0.2, 0) is 14.3 Å². The van der Waals surface area contributed by atoms with Crippen molar-refractivity contribution in [2.45, 2.75) is 104 Å². The first kappa shape index (κ1) is 28.1.